The van der Waals surface area contributed by atoms with E-state index < -0.39 is 6.04 Å². The van der Waals surface area contributed by atoms with E-state index in [0.29, 0.717) is 0 Å². The van der Waals surface area contributed by atoms with Crippen LogP contribution in [0.15, 0.2) is 22.7 Å². The largest absolute Gasteiger partial charge is 0.372 e. The highest BCUT2D eigenvalue weighted by atomic mass is 79.9. The zero-order chi connectivity index (χ0) is 15.0. The third-order valence-corrected chi connectivity index (χ3v) is 4.98. The van der Waals surface area contributed by atoms with Crippen LogP contribution >= 0.6 is 15.9 Å². The SMILES string of the molecule is Cc1ccc(NC2CC(=O)N(C3CCCC3)C2=O)c(Br)c1. The van der Waals surface area contributed by atoms with Gasteiger partial charge in [-0.25, -0.2) is 0 Å². The average molecular weight is 351 g/mol. The van der Waals surface area contributed by atoms with Crippen LogP contribution in [0.3, 0.4) is 0 Å². The number of anilines is 1. The first-order valence-corrected chi connectivity index (χ1v) is 8.24. The molecule has 5 heteroatoms. The van der Waals surface area contributed by atoms with Crippen molar-refractivity contribution in [1.29, 1.82) is 0 Å². The fourth-order valence-corrected chi connectivity index (χ4v) is 3.84. The number of imide groups is 1. The number of amides is 2. The number of halogens is 1. The maximum absolute atomic E-state index is 12.5. The molecular formula is C16H19BrN2O2. The number of hydrogen-bond acceptors (Lipinski definition) is 3. The van der Waals surface area contributed by atoms with Crippen molar-refractivity contribution in [3.05, 3.63) is 28.2 Å². The molecule has 1 aliphatic heterocycles. The number of rotatable bonds is 3. The van der Waals surface area contributed by atoms with Crippen LogP contribution in [-0.4, -0.2) is 28.8 Å². The molecule has 0 bridgehead atoms. The lowest BCUT2D eigenvalue weighted by molar-refractivity contribution is -0.141. The van der Waals surface area contributed by atoms with Gasteiger partial charge in [0.15, 0.2) is 0 Å². The first kappa shape index (κ1) is 14.6. The summed E-state index contributed by atoms with van der Waals surface area (Å²) in [4.78, 5) is 26.2. The normalized spacial score (nSPS) is 23.1. The van der Waals surface area contributed by atoms with Crippen molar-refractivity contribution >= 4 is 33.4 Å². The zero-order valence-corrected chi connectivity index (χ0v) is 13.6. The molecule has 4 nitrogen and oxygen atoms in total. The topological polar surface area (TPSA) is 49.4 Å². The first-order chi connectivity index (χ1) is 10.1. The molecule has 1 saturated carbocycles. The number of benzene rings is 1. The summed E-state index contributed by atoms with van der Waals surface area (Å²) in [5.74, 6) is -0.105. The minimum Gasteiger partial charge on any atom is -0.372 e. The van der Waals surface area contributed by atoms with E-state index in [9.17, 15) is 9.59 Å². The molecule has 1 saturated heterocycles. The molecule has 112 valence electrons. The fraction of sp³-hybridized carbons (Fsp3) is 0.500. The van der Waals surface area contributed by atoms with Gasteiger partial charge in [-0.3, -0.25) is 14.5 Å². The van der Waals surface area contributed by atoms with E-state index in [1.165, 1.54) is 4.90 Å². The second-order valence-corrected chi connectivity index (χ2v) is 6.78. The van der Waals surface area contributed by atoms with Crippen LogP contribution in [0.5, 0.6) is 0 Å². The Balaban J connectivity index is 1.75. The number of hydrogen-bond donors (Lipinski definition) is 1. The van der Waals surface area contributed by atoms with Gasteiger partial charge in [0.25, 0.3) is 5.91 Å². The minimum absolute atomic E-state index is 0.0346. The zero-order valence-electron chi connectivity index (χ0n) is 12.1. The second kappa shape index (κ2) is 5.79. The molecule has 2 aliphatic rings. The molecule has 21 heavy (non-hydrogen) atoms. The van der Waals surface area contributed by atoms with Crippen LogP contribution in [0.2, 0.25) is 0 Å². The highest BCUT2D eigenvalue weighted by molar-refractivity contribution is 9.10. The van der Waals surface area contributed by atoms with Crippen LogP contribution in [0.4, 0.5) is 5.69 Å². The Bertz CT molecular complexity index is 582. The smallest absolute Gasteiger partial charge is 0.252 e. The molecule has 1 unspecified atom stereocenters. The van der Waals surface area contributed by atoms with Crippen molar-refractivity contribution in [2.24, 2.45) is 0 Å². The average Bonchev–Trinajstić information content (AvgIpc) is 3.02. The van der Waals surface area contributed by atoms with Gasteiger partial charge in [-0.2, -0.15) is 0 Å². The molecule has 1 aliphatic carbocycles. The Morgan fingerprint density at radius 3 is 2.62 bits per heavy atom. The number of carbonyl (C=O) groups excluding carboxylic acids is 2. The van der Waals surface area contributed by atoms with Gasteiger partial charge in [-0.15, -0.1) is 0 Å². The van der Waals surface area contributed by atoms with Crippen LogP contribution in [0.1, 0.15) is 37.7 Å². The lowest BCUT2D eigenvalue weighted by atomic mass is 10.2. The maximum Gasteiger partial charge on any atom is 0.252 e. The van der Waals surface area contributed by atoms with Crippen LogP contribution in [-0.2, 0) is 9.59 Å². The van der Waals surface area contributed by atoms with Crippen LogP contribution in [0, 0.1) is 6.92 Å². The van der Waals surface area contributed by atoms with Crippen molar-refractivity contribution in [3.63, 3.8) is 0 Å². The molecule has 1 heterocycles. The molecular weight excluding hydrogens is 332 g/mol. The maximum atomic E-state index is 12.5. The van der Waals surface area contributed by atoms with Gasteiger partial charge in [-0.1, -0.05) is 18.9 Å². The van der Waals surface area contributed by atoms with Crippen molar-refractivity contribution in [2.45, 2.75) is 51.1 Å². The molecule has 1 aromatic carbocycles. The monoisotopic (exact) mass is 350 g/mol. The van der Waals surface area contributed by atoms with E-state index in [1.54, 1.807) is 0 Å². The van der Waals surface area contributed by atoms with E-state index in [0.717, 1.165) is 41.4 Å². The number of carbonyl (C=O) groups is 2. The summed E-state index contributed by atoms with van der Waals surface area (Å²) < 4.78 is 0.919. The lowest BCUT2D eigenvalue weighted by Gasteiger charge is -2.22. The van der Waals surface area contributed by atoms with Crippen molar-refractivity contribution < 1.29 is 9.59 Å². The molecule has 0 aromatic heterocycles. The Kier molecular flexibility index (Phi) is 4.02. The third-order valence-electron chi connectivity index (χ3n) is 4.33. The molecule has 1 atom stereocenters. The van der Waals surface area contributed by atoms with Gasteiger partial charge in [0.1, 0.15) is 6.04 Å². The highest BCUT2D eigenvalue weighted by Gasteiger charge is 2.43. The van der Waals surface area contributed by atoms with Crippen molar-refractivity contribution in [3.8, 4) is 0 Å². The molecule has 1 N–H and O–H groups in total. The Hall–Kier alpha value is -1.36. The van der Waals surface area contributed by atoms with Gasteiger partial charge < -0.3 is 5.32 Å². The van der Waals surface area contributed by atoms with E-state index in [1.807, 2.05) is 25.1 Å². The third kappa shape index (κ3) is 2.84. The van der Waals surface area contributed by atoms with Gasteiger partial charge in [0.2, 0.25) is 5.91 Å². The second-order valence-electron chi connectivity index (χ2n) is 5.92. The predicted molar refractivity (Wildman–Crippen MR) is 85.0 cm³/mol. The summed E-state index contributed by atoms with van der Waals surface area (Å²) in [5, 5.41) is 3.21. The molecule has 3 rings (SSSR count). The van der Waals surface area contributed by atoms with Crippen LogP contribution < -0.4 is 5.32 Å². The van der Waals surface area contributed by atoms with Gasteiger partial charge in [-0.05, 0) is 53.4 Å². The summed E-state index contributed by atoms with van der Waals surface area (Å²) in [6, 6.07) is 5.62. The van der Waals surface area contributed by atoms with Gasteiger partial charge >= 0.3 is 0 Å². The van der Waals surface area contributed by atoms with Crippen molar-refractivity contribution in [1.82, 2.24) is 4.90 Å². The minimum atomic E-state index is -0.433. The number of nitrogens with zero attached hydrogens (tertiary/aromatic N) is 1. The molecule has 2 fully saturated rings. The summed E-state index contributed by atoms with van der Waals surface area (Å²) in [6.45, 7) is 2.01. The Morgan fingerprint density at radius 2 is 1.95 bits per heavy atom. The quantitative estimate of drug-likeness (QED) is 0.851. The summed E-state index contributed by atoms with van der Waals surface area (Å²) in [5.41, 5.74) is 2.01. The Labute approximate surface area is 133 Å². The van der Waals surface area contributed by atoms with Crippen LogP contribution in [0.25, 0.3) is 0 Å². The fourth-order valence-electron chi connectivity index (χ4n) is 3.23. The number of nitrogens with one attached hydrogen (secondary N) is 1. The number of likely N-dealkylation sites (tertiary alicyclic amines) is 1. The molecule has 1 aromatic rings. The van der Waals surface area contributed by atoms with Gasteiger partial charge in [0, 0.05) is 16.2 Å². The molecule has 0 spiro atoms. The number of aryl methyl sites for hydroxylation is 1. The molecule has 2 amide bonds. The van der Waals surface area contributed by atoms with Gasteiger partial charge in [0.05, 0.1) is 6.42 Å². The van der Waals surface area contributed by atoms with E-state index in [2.05, 4.69) is 21.2 Å². The summed E-state index contributed by atoms with van der Waals surface area (Å²) >= 11 is 3.50. The predicted octanol–water partition coefficient (Wildman–Crippen LogP) is 3.24. The van der Waals surface area contributed by atoms with E-state index in [-0.39, 0.29) is 24.3 Å². The van der Waals surface area contributed by atoms with E-state index >= 15 is 0 Å². The standard InChI is InChI=1S/C16H19BrN2O2/c1-10-6-7-13(12(17)8-10)18-14-9-15(20)19(16(14)21)11-4-2-3-5-11/h6-8,11,14,18H,2-5,9H2,1H3. The first-order valence-electron chi connectivity index (χ1n) is 7.45. The lowest BCUT2D eigenvalue weighted by Crippen LogP contribution is -2.41. The highest BCUT2D eigenvalue weighted by Crippen LogP contribution is 2.31. The summed E-state index contributed by atoms with van der Waals surface area (Å²) in [6.07, 6.45) is 4.40. The Morgan fingerprint density at radius 1 is 1.24 bits per heavy atom. The molecule has 0 radical (unpaired) electrons. The van der Waals surface area contributed by atoms with E-state index in [4.69, 9.17) is 0 Å². The van der Waals surface area contributed by atoms with Crippen molar-refractivity contribution in [2.75, 3.05) is 5.32 Å². The summed E-state index contributed by atoms with van der Waals surface area (Å²) in [7, 11) is 0.